The van der Waals surface area contributed by atoms with Crippen LogP contribution in [-0.4, -0.2) is 5.16 Å². The number of hydrogen-bond donors (Lipinski definition) is 0. The minimum Gasteiger partial charge on any atom is -0.130 e. The smallest absolute Gasteiger partial charge is 0.00385 e. The third-order valence-corrected chi connectivity index (χ3v) is 6.41. The van der Waals surface area contributed by atoms with Crippen LogP contribution in [0, 0.1) is 5.92 Å². The first kappa shape index (κ1) is 23.1. The predicted molar refractivity (Wildman–Crippen MR) is 137 cm³/mol. The predicted octanol–water partition coefficient (Wildman–Crippen LogP) is 7.36. The first-order chi connectivity index (χ1) is 13.2. The van der Waals surface area contributed by atoms with E-state index >= 15 is 0 Å². The number of hydrogen-bond acceptors (Lipinski definition) is 0. The van der Waals surface area contributed by atoms with Gasteiger partial charge >= 0.3 is 0 Å². The van der Waals surface area contributed by atoms with Crippen molar-refractivity contribution in [3.63, 3.8) is 0 Å². The third kappa shape index (κ3) is 6.71. The lowest BCUT2D eigenvalue weighted by Gasteiger charge is -2.39. The lowest BCUT2D eigenvalue weighted by atomic mass is 9.76. The number of rotatable bonds is 9. The molecule has 2 atom stereocenters. The summed E-state index contributed by atoms with van der Waals surface area (Å²) in [5.41, 5.74) is 4.30. The summed E-state index contributed by atoms with van der Waals surface area (Å²) in [5.74, 6) is 0.621. The zero-order valence-corrected chi connectivity index (χ0v) is 20.2. The quantitative estimate of drug-likeness (QED) is 0.212. The molecule has 0 radical (unpaired) electrons. The van der Waals surface area contributed by atoms with Crippen LogP contribution >= 0.6 is 33.2 Å². The van der Waals surface area contributed by atoms with Crippen LogP contribution in [0.3, 0.4) is 0 Å². The molecule has 3 aromatic carbocycles. The fourth-order valence-corrected chi connectivity index (χ4v) is 4.90. The van der Waals surface area contributed by atoms with Crippen molar-refractivity contribution >= 4 is 33.2 Å². The second kappa shape index (κ2) is 11.7. The molecule has 0 aromatic heterocycles. The largest absolute Gasteiger partial charge is 0.130 e. The van der Waals surface area contributed by atoms with E-state index in [0.717, 1.165) is 19.3 Å². The number of benzene rings is 3. The van der Waals surface area contributed by atoms with Gasteiger partial charge in [0.15, 0.2) is 0 Å². The van der Waals surface area contributed by atoms with Gasteiger partial charge in [0, 0.05) is 0 Å². The Morgan fingerprint density at radius 3 is 1.46 bits per heavy atom. The monoisotopic (exact) mass is 502 g/mol. The van der Waals surface area contributed by atoms with Crippen LogP contribution in [0.15, 0.2) is 91.0 Å². The molecule has 28 heavy (non-hydrogen) atoms. The lowest BCUT2D eigenvalue weighted by Crippen LogP contribution is -2.37. The van der Waals surface area contributed by atoms with Gasteiger partial charge in [-0.3, -0.25) is 0 Å². The first-order valence-corrected chi connectivity index (χ1v) is 10.7. The van der Waals surface area contributed by atoms with Crippen molar-refractivity contribution < 1.29 is 0 Å². The van der Waals surface area contributed by atoms with E-state index < -0.39 is 0 Å². The average Bonchev–Trinajstić information content (AvgIpc) is 2.70. The molecule has 0 aliphatic rings. The Morgan fingerprint density at radius 2 is 1.07 bits per heavy atom. The molecule has 0 aliphatic heterocycles. The average molecular weight is 502 g/mol. The maximum absolute atomic E-state index is 3.30. The highest BCUT2D eigenvalue weighted by Crippen LogP contribution is 2.40. The van der Waals surface area contributed by atoms with Gasteiger partial charge in [-0.1, -0.05) is 104 Å². The summed E-state index contributed by atoms with van der Waals surface area (Å²) in [6.45, 7) is 2.31. The van der Waals surface area contributed by atoms with Crippen molar-refractivity contribution in [1.82, 2.24) is 0 Å². The highest BCUT2D eigenvalue weighted by Gasteiger charge is 2.34. The van der Waals surface area contributed by atoms with Crippen molar-refractivity contribution in [2.75, 3.05) is 0 Å². The zero-order chi connectivity index (χ0) is 19.0. The van der Waals surface area contributed by atoms with Crippen molar-refractivity contribution in [3.05, 3.63) is 108 Å². The molecular formula is C26H32IP. The van der Waals surface area contributed by atoms with E-state index in [0.29, 0.717) is 5.92 Å². The maximum atomic E-state index is 3.30. The molecule has 0 N–H and O–H groups in total. The summed E-state index contributed by atoms with van der Waals surface area (Å²) >= 11 is 0. The highest BCUT2D eigenvalue weighted by molar-refractivity contribution is 14.0. The highest BCUT2D eigenvalue weighted by atomic mass is 127. The molecule has 0 heterocycles. The third-order valence-electron chi connectivity index (χ3n) is 5.53. The maximum Gasteiger partial charge on any atom is -0.00385 e. The molecular weight excluding hydrogens is 470 g/mol. The second-order valence-electron chi connectivity index (χ2n) is 7.73. The summed E-state index contributed by atoms with van der Waals surface area (Å²) in [6, 6.07) is 33.0. The van der Waals surface area contributed by atoms with E-state index in [2.05, 4.69) is 107 Å². The molecule has 0 fully saturated rings. The molecule has 0 saturated carbocycles. The molecule has 2 unspecified atom stereocenters. The number of halogens is 1. The van der Waals surface area contributed by atoms with E-state index in [-0.39, 0.29) is 29.1 Å². The molecule has 148 valence electrons. The minimum atomic E-state index is 0. The van der Waals surface area contributed by atoms with Gasteiger partial charge in [0.1, 0.15) is 0 Å². The van der Waals surface area contributed by atoms with E-state index in [1.54, 1.807) is 0 Å². The Kier molecular flexibility index (Phi) is 9.68. The molecule has 0 saturated heterocycles. The van der Waals surface area contributed by atoms with E-state index in [9.17, 15) is 0 Å². The van der Waals surface area contributed by atoms with E-state index in [1.807, 2.05) is 0 Å². The summed E-state index contributed by atoms with van der Waals surface area (Å²) in [6.07, 6.45) is 5.78. The Balaban J connectivity index is 0.00000280. The molecule has 3 rings (SSSR count). The van der Waals surface area contributed by atoms with Gasteiger partial charge in [0.2, 0.25) is 0 Å². The normalized spacial score (nSPS) is 12.2. The van der Waals surface area contributed by atoms with Crippen LogP contribution < -0.4 is 0 Å². The standard InChI is InChI=1S/C26H31P.HI/c1-2-12-25(19-22-13-6-3-7-14-22)26(27,20-23-15-8-4-9-16-23)21-24-17-10-5-11-18-24;/h3-11,13-18,25H,2,12,19-21,27H2,1H3;1H. The van der Waals surface area contributed by atoms with Crippen LogP contribution in [0.1, 0.15) is 36.5 Å². The van der Waals surface area contributed by atoms with Crippen molar-refractivity contribution in [3.8, 4) is 0 Å². The van der Waals surface area contributed by atoms with Crippen molar-refractivity contribution in [2.45, 2.75) is 44.2 Å². The fourth-order valence-electron chi connectivity index (χ4n) is 4.14. The van der Waals surface area contributed by atoms with E-state index in [1.165, 1.54) is 29.5 Å². The van der Waals surface area contributed by atoms with Gasteiger partial charge in [-0.2, -0.15) is 0 Å². The molecule has 0 aliphatic carbocycles. The van der Waals surface area contributed by atoms with Gasteiger partial charge in [0.05, 0.1) is 0 Å². The minimum absolute atomic E-state index is 0. The molecule has 0 amide bonds. The Labute approximate surface area is 190 Å². The van der Waals surface area contributed by atoms with Crippen LogP contribution in [0.2, 0.25) is 0 Å². The van der Waals surface area contributed by atoms with Crippen molar-refractivity contribution in [1.29, 1.82) is 0 Å². The van der Waals surface area contributed by atoms with Crippen LogP contribution in [-0.2, 0) is 19.3 Å². The van der Waals surface area contributed by atoms with Crippen LogP contribution in [0.25, 0.3) is 0 Å². The van der Waals surface area contributed by atoms with Gasteiger partial charge in [0.25, 0.3) is 0 Å². The van der Waals surface area contributed by atoms with E-state index in [4.69, 9.17) is 0 Å². The lowest BCUT2D eigenvalue weighted by molar-refractivity contribution is 0.340. The summed E-state index contributed by atoms with van der Waals surface area (Å²) in [7, 11) is 3.30. The van der Waals surface area contributed by atoms with Crippen molar-refractivity contribution in [2.24, 2.45) is 5.92 Å². The summed E-state index contributed by atoms with van der Waals surface area (Å²) in [4.78, 5) is 0. The Bertz CT molecular complexity index is 745. The second-order valence-corrected chi connectivity index (χ2v) is 8.88. The zero-order valence-electron chi connectivity index (χ0n) is 16.8. The van der Waals surface area contributed by atoms with Gasteiger partial charge in [-0.15, -0.1) is 33.2 Å². The first-order valence-electron chi connectivity index (χ1n) is 10.1. The van der Waals surface area contributed by atoms with Gasteiger partial charge in [-0.05, 0) is 53.4 Å². The van der Waals surface area contributed by atoms with Crippen LogP contribution in [0.5, 0.6) is 0 Å². The van der Waals surface area contributed by atoms with Gasteiger partial charge < -0.3 is 0 Å². The fraction of sp³-hybridized carbons (Fsp3) is 0.308. The molecule has 3 aromatic rings. The van der Waals surface area contributed by atoms with Crippen LogP contribution in [0.4, 0.5) is 0 Å². The molecule has 0 nitrogen and oxygen atoms in total. The topological polar surface area (TPSA) is 0 Å². The summed E-state index contributed by atoms with van der Waals surface area (Å²) in [5, 5.41) is 0.147. The van der Waals surface area contributed by atoms with Gasteiger partial charge in [-0.25, -0.2) is 0 Å². The summed E-state index contributed by atoms with van der Waals surface area (Å²) < 4.78 is 0. The Hall–Kier alpha value is -1.18. The molecule has 2 heteroatoms. The molecule has 0 spiro atoms. The Morgan fingerprint density at radius 1 is 0.679 bits per heavy atom. The molecule has 0 bridgehead atoms. The SMILES string of the molecule is CCCC(Cc1ccccc1)C(P)(Cc1ccccc1)Cc1ccccc1.I.